The topological polar surface area (TPSA) is 66.4 Å². The van der Waals surface area contributed by atoms with E-state index in [9.17, 15) is 9.59 Å². The van der Waals surface area contributed by atoms with Crippen molar-refractivity contribution in [2.24, 2.45) is 5.92 Å². The van der Waals surface area contributed by atoms with Crippen LogP contribution in [0.5, 0.6) is 0 Å². The van der Waals surface area contributed by atoms with Gasteiger partial charge in [-0.1, -0.05) is 46.0 Å². The molecule has 0 aromatic rings. The number of aliphatic carboxylic acids is 1. The van der Waals surface area contributed by atoms with Crippen molar-refractivity contribution in [3.8, 4) is 0 Å². The Labute approximate surface area is 110 Å². The van der Waals surface area contributed by atoms with Crippen LogP contribution in [0.15, 0.2) is 0 Å². The van der Waals surface area contributed by atoms with Gasteiger partial charge in [0.05, 0.1) is 5.92 Å². The SMILES string of the molecule is CCCCCCCC(=O)NCC(CCC)C(=O)O. The van der Waals surface area contributed by atoms with Gasteiger partial charge in [0.15, 0.2) is 0 Å². The van der Waals surface area contributed by atoms with Crippen LogP contribution in [0.1, 0.15) is 65.2 Å². The third-order valence-electron chi connectivity index (χ3n) is 3.04. The molecule has 18 heavy (non-hydrogen) atoms. The van der Waals surface area contributed by atoms with Gasteiger partial charge in [-0.05, 0) is 12.8 Å². The van der Waals surface area contributed by atoms with E-state index in [1.54, 1.807) is 0 Å². The van der Waals surface area contributed by atoms with Gasteiger partial charge in [0.1, 0.15) is 0 Å². The molecule has 0 aliphatic rings. The second-order valence-corrected chi connectivity index (χ2v) is 4.79. The van der Waals surface area contributed by atoms with Crippen molar-refractivity contribution in [3.05, 3.63) is 0 Å². The molecule has 0 saturated heterocycles. The molecule has 0 radical (unpaired) electrons. The smallest absolute Gasteiger partial charge is 0.308 e. The molecule has 106 valence electrons. The maximum Gasteiger partial charge on any atom is 0.308 e. The fraction of sp³-hybridized carbons (Fsp3) is 0.857. The van der Waals surface area contributed by atoms with Crippen molar-refractivity contribution in [1.82, 2.24) is 5.32 Å². The van der Waals surface area contributed by atoms with Crippen molar-refractivity contribution in [2.75, 3.05) is 6.54 Å². The number of carboxylic acid groups (broad SMARTS) is 1. The summed E-state index contributed by atoms with van der Waals surface area (Å²) >= 11 is 0. The van der Waals surface area contributed by atoms with E-state index in [-0.39, 0.29) is 12.5 Å². The zero-order valence-electron chi connectivity index (χ0n) is 11.7. The number of hydrogen-bond donors (Lipinski definition) is 2. The quantitative estimate of drug-likeness (QED) is 0.559. The van der Waals surface area contributed by atoms with E-state index < -0.39 is 11.9 Å². The van der Waals surface area contributed by atoms with Crippen LogP contribution in [0.3, 0.4) is 0 Å². The van der Waals surface area contributed by atoms with E-state index in [0.717, 1.165) is 19.3 Å². The van der Waals surface area contributed by atoms with Crippen LogP contribution in [0.2, 0.25) is 0 Å². The normalized spacial score (nSPS) is 12.1. The van der Waals surface area contributed by atoms with Crippen molar-refractivity contribution >= 4 is 11.9 Å². The average Bonchev–Trinajstić information content (AvgIpc) is 2.33. The van der Waals surface area contributed by atoms with E-state index >= 15 is 0 Å². The molecule has 0 aromatic heterocycles. The number of rotatable bonds is 11. The lowest BCUT2D eigenvalue weighted by Gasteiger charge is -2.12. The van der Waals surface area contributed by atoms with Gasteiger partial charge in [0.25, 0.3) is 0 Å². The molecule has 4 heteroatoms. The minimum atomic E-state index is -0.819. The van der Waals surface area contributed by atoms with Crippen molar-refractivity contribution < 1.29 is 14.7 Å². The Morgan fingerprint density at radius 2 is 1.72 bits per heavy atom. The first kappa shape index (κ1) is 16.9. The zero-order valence-corrected chi connectivity index (χ0v) is 11.7. The Balaban J connectivity index is 3.64. The number of nitrogens with one attached hydrogen (secondary N) is 1. The summed E-state index contributed by atoms with van der Waals surface area (Å²) in [5.41, 5.74) is 0. The van der Waals surface area contributed by atoms with Gasteiger partial charge in [-0.25, -0.2) is 0 Å². The Hall–Kier alpha value is -1.06. The van der Waals surface area contributed by atoms with Crippen LogP contribution in [0.4, 0.5) is 0 Å². The third kappa shape index (κ3) is 9.02. The molecule has 0 saturated carbocycles. The molecule has 1 atom stereocenters. The summed E-state index contributed by atoms with van der Waals surface area (Å²) in [4.78, 5) is 22.4. The summed E-state index contributed by atoms with van der Waals surface area (Å²) in [6.07, 6.45) is 7.54. The Kier molecular flexibility index (Phi) is 10.4. The van der Waals surface area contributed by atoms with Gasteiger partial charge in [-0.3, -0.25) is 9.59 Å². The maximum absolute atomic E-state index is 11.5. The number of carbonyl (C=O) groups excluding carboxylic acids is 1. The van der Waals surface area contributed by atoms with E-state index in [2.05, 4.69) is 12.2 Å². The molecule has 0 aliphatic carbocycles. The second kappa shape index (κ2) is 11.1. The molecule has 0 aromatic carbocycles. The first-order valence-corrected chi connectivity index (χ1v) is 7.11. The number of amides is 1. The maximum atomic E-state index is 11.5. The Bertz CT molecular complexity index is 241. The predicted octanol–water partition coefficient (Wildman–Crippen LogP) is 2.96. The molecule has 0 fully saturated rings. The fourth-order valence-electron chi connectivity index (χ4n) is 1.88. The van der Waals surface area contributed by atoms with Gasteiger partial charge in [-0.15, -0.1) is 0 Å². The summed E-state index contributed by atoms with van der Waals surface area (Å²) in [6, 6.07) is 0. The number of hydrogen-bond acceptors (Lipinski definition) is 2. The lowest BCUT2D eigenvalue weighted by molar-refractivity contribution is -0.141. The first-order chi connectivity index (χ1) is 8.61. The molecule has 1 amide bonds. The van der Waals surface area contributed by atoms with E-state index in [1.165, 1.54) is 19.3 Å². The largest absolute Gasteiger partial charge is 0.481 e. The highest BCUT2D eigenvalue weighted by atomic mass is 16.4. The molecule has 1 unspecified atom stereocenters. The van der Waals surface area contributed by atoms with Crippen molar-refractivity contribution in [1.29, 1.82) is 0 Å². The monoisotopic (exact) mass is 257 g/mol. The lowest BCUT2D eigenvalue weighted by Crippen LogP contribution is -2.32. The van der Waals surface area contributed by atoms with Gasteiger partial charge in [0, 0.05) is 13.0 Å². The second-order valence-electron chi connectivity index (χ2n) is 4.79. The van der Waals surface area contributed by atoms with E-state index in [0.29, 0.717) is 12.8 Å². The van der Waals surface area contributed by atoms with Crippen LogP contribution in [0, 0.1) is 5.92 Å². The standard InChI is InChI=1S/C14H27NO3/c1-3-5-6-7-8-10-13(16)15-11-12(9-4-2)14(17)18/h12H,3-11H2,1-2H3,(H,15,16)(H,17,18). The van der Waals surface area contributed by atoms with Crippen LogP contribution in [0.25, 0.3) is 0 Å². The Morgan fingerprint density at radius 1 is 1.06 bits per heavy atom. The summed E-state index contributed by atoms with van der Waals surface area (Å²) in [5, 5.41) is 11.7. The van der Waals surface area contributed by atoms with Crippen LogP contribution >= 0.6 is 0 Å². The minimum Gasteiger partial charge on any atom is -0.481 e. The van der Waals surface area contributed by atoms with Crippen molar-refractivity contribution in [3.63, 3.8) is 0 Å². The third-order valence-corrected chi connectivity index (χ3v) is 3.04. The van der Waals surface area contributed by atoms with Crippen LogP contribution in [-0.4, -0.2) is 23.5 Å². The van der Waals surface area contributed by atoms with Gasteiger partial charge < -0.3 is 10.4 Å². The molecule has 0 spiro atoms. The molecule has 0 rings (SSSR count). The highest BCUT2D eigenvalue weighted by Crippen LogP contribution is 2.07. The lowest BCUT2D eigenvalue weighted by atomic mass is 10.0. The van der Waals surface area contributed by atoms with E-state index in [4.69, 9.17) is 5.11 Å². The Morgan fingerprint density at radius 3 is 2.28 bits per heavy atom. The molecule has 0 heterocycles. The summed E-state index contributed by atoms with van der Waals surface area (Å²) < 4.78 is 0. The molecule has 0 bridgehead atoms. The zero-order chi connectivity index (χ0) is 13.8. The number of unbranched alkanes of at least 4 members (excludes halogenated alkanes) is 4. The van der Waals surface area contributed by atoms with Crippen LogP contribution < -0.4 is 5.32 Å². The summed E-state index contributed by atoms with van der Waals surface area (Å²) in [7, 11) is 0. The number of carbonyl (C=O) groups is 2. The number of carboxylic acids is 1. The molecule has 4 nitrogen and oxygen atoms in total. The summed E-state index contributed by atoms with van der Waals surface area (Å²) in [6.45, 7) is 4.37. The highest BCUT2D eigenvalue weighted by Gasteiger charge is 2.16. The van der Waals surface area contributed by atoms with E-state index in [1.807, 2.05) is 6.92 Å². The molecule has 0 aliphatic heterocycles. The molecular formula is C14H27NO3. The van der Waals surface area contributed by atoms with Crippen LogP contribution in [-0.2, 0) is 9.59 Å². The van der Waals surface area contributed by atoms with Gasteiger partial charge >= 0.3 is 5.97 Å². The summed E-state index contributed by atoms with van der Waals surface area (Å²) in [5.74, 6) is -1.28. The molecular weight excluding hydrogens is 230 g/mol. The van der Waals surface area contributed by atoms with Crippen molar-refractivity contribution in [2.45, 2.75) is 65.2 Å². The average molecular weight is 257 g/mol. The minimum absolute atomic E-state index is 0.0196. The fourth-order valence-corrected chi connectivity index (χ4v) is 1.88. The molecule has 2 N–H and O–H groups in total. The van der Waals surface area contributed by atoms with Gasteiger partial charge in [-0.2, -0.15) is 0 Å². The van der Waals surface area contributed by atoms with Gasteiger partial charge in [0.2, 0.25) is 5.91 Å². The first-order valence-electron chi connectivity index (χ1n) is 7.11. The highest BCUT2D eigenvalue weighted by molar-refractivity contribution is 5.77. The predicted molar refractivity (Wildman–Crippen MR) is 72.4 cm³/mol.